The molecule has 0 saturated heterocycles. The molecule has 0 radical (unpaired) electrons. The number of phenols is 1. The van der Waals surface area contributed by atoms with Gasteiger partial charge in [-0.05, 0) is 25.1 Å². The van der Waals surface area contributed by atoms with Crippen LogP contribution in [0.4, 0.5) is 0 Å². The standard InChI is InChI=1S/C9H8O4/c1-5(10)7-4-6(9(12)13)2-3-8(7)11/h2-4,11H,1H3,(H,12,13). The summed E-state index contributed by atoms with van der Waals surface area (Å²) in [6.07, 6.45) is 0. The summed E-state index contributed by atoms with van der Waals surface area (Å²) in [5.41, 5.74) is 0.0166. The second-order valence-electron chi connectivity index (χ2n) is 2.59. The molecule has 0 unspecified atom stereocenters. The van der Waals surface area contributed by atoms with Crippen LogP contribution in [-0.2, 0) is 0 Å². The molecule has 1 aromatic carbocycles. The molecule has 0 aromatic heterocycles. The zero-order valence-corrected chi connectivity index (χ0v) is 6.94. The van der Waals surface area contributed by atoms with Crippen molar-refractivity contribution < 1.29 is 19.8 Å². The van der Waals surface area contributed by atoms with Crippen LogP contribution in [0.2, 0.25) is 0 Å². The molecule has 1 rings (SSSR count). The van der Waals surface area contributed by atoms with Crippen LogP contribution < -0.4 is 0 Å². The first kappa shape index (κ1) is 9.25. The van der Waals surface area contributed by atoms with Crippen molar-refractivity contribution in [3.63, 3.8) is 0 Å². The molecule has 4 nitrogen and oxygen atoms in total. The first-order chi connectivity index (χ1) is 6.02. The first-order valence-corrected chi connectivity index (χ1v) is 3.59. The molecule has 0 fully saturated rings. The molecule has 0 amide bonds. The summed E-state index contributed by atoms with van der Waals surface area (Å²) in [4.78, 5) is 21.4. The molecule has 0 aliphatic heterocycles. The third-order valence-electron chi connectivity index (χ3n) is 1.62. The largest absolute Gasteiger partial charge is 0.507 e. The van der Waals surface area contributed by atoms with Crippen LogP contribution in [0.3, 0.4) is 0 Å². The van der Waals surface area contributed by atoms with E-state index in [0.717, 1.165) is 6.07 Å². The summed E-state index contributed by atoms with van der Waals surface area (Å²) in [7, 11) is 0. The van der Waals surface area contributed by atoms with Crippen molar-refractivity contribution in [1.29, 1.82) is 0 Å². The van der Waals surface area contributed by atoms with Gasteiger partial charge in [-0.3, -0.25) is 4.79 Å². The Morgan fingerprint density at radius 1 is 1.31 bits per heavy atom. The van der Waals surface area contributed by atoms with Crippen molar-refractivity contribution in [2.24, 2.45) is 0 Å². The Kier molecular flexibility index (Phi) is 2.32. The summed E-state index contributed by atoms with van der Waals surface area (Å²) in [6, 6.07) is 3.59. The average molecular weight is 180 g/mol. The molecule has 0 aliphatic carbocycles. The maximum Gasteiger partial charge on any atom is 0.335 e. The molecular weight excluding hydrogens is 172 g/mol. The molecule has 4 heteroatoms. The van der Waals surface area contributed by atoms with Gasteiger partial charge in [0.25, 0.3) is 0 Å². The second kappa shape index (κ2) is 3.26. The lowest BCUT2D eigenvalue weighted by Crippen LogP contribution is -2.00. The van der Waals surface area contributed by atoms with E-state index in [4.69, 9.17) is 5.11 Å². The normalized spacial score (nSPS) is 9.62. The molecule has 0 heterocycles. The van der Waals surface area contributed by atoms with Gasteiger partial charge in [0.2, 0.25) is 0 Å². The zero-order valence-electron chi connectivity index (χ0n) is 6.94. The van der Waals surface area contributed by atoms with E-state index in [0.29, 0.717) is 0 Å². The number of Topliss-reactive ketones (excluding diaryl/α,β-unsaturated/α-hetero) is 1. The predicted molar refractivity (Wildman–Crippen MR) is 45.1 cm³/mol. The van der Waals surface area contributed by atoms with Gasteiger partial charge in [0.15, 0.2) is 5.78 Å². The van der Waals surface area contributed by atoms with Crippen molar-refractivity contribution in [3.8, 4) is 5.75 Å². The highest BCUT2D eigenvalue weighted by molar-refractivity contribution is 5.99. The van der Waals surface area contributed by atoms with Crippen molar-refractivity contribution in [1.82, 2.24) is 0 Å². The lowest BCUT2D eigenvalue weighted by atomic mass is 10.1. The van der Waals surface area contributed by atoms with Crippen LogP contribution in [0.1, 0.15) is 27.6 Å². The lowest BCUT2D eigenvalue weighted by molar-refractivity contribution is 0.0697. The third-order valence-corrected chi connectivity index (χ3v) is 1.62. The molecule has 68 valence electrons. The van der Waals surface area contributed by atoms with E-state index >= 15 is 0 Å². The number of aromatic hydroxyl groups is 1. The number of phenolic OH excluding ortho intramolecular Hbond substituents is 1. The fourth-order valence-corrected chi connectivity index (χ4v) is 0.951. The maximum absolute atomic E-state index is 10.9. The predicted octanol–water partition coefficient (Wildman–Crippen LogP) is 1.29. The van der Waals surface area contributed by atoms with Gasteiger partial charge in [0, 0.05) is 0 Å². The van der Waals surface area contributed by atoms with E-state index < -0.39 is 5.97 Å². The minimum Gasteiger partial charge on any atom is -0.507 e. The average Bonchev–Trinajstić information content (AvgIpc) is 2.04. The van der Waals surface area contributed by atoms with E-state index in [1.165, 1.54) is 19.1 Å². The Balaban J connectivity index is 3.27. The van der Waals surface area contributed by atoms with Gasteiger partial charge in [0.05, 0.1) is 11.1 Å². The Morgan fingerprint density at radius 2 is 1.92 bits per heavy atom. The van der Waals surface area contributed by atoms with Gasteiger partial charge in [0.1, 0.15) is 5.75 Å². The number of ketones is 1. The van der Waals surface area contributed by atoms with E-state index in [2.05, 4.69) is 0 Å². The van der Waals surface area contributed by atoms with Crippen LogP contribution in [0, 0.1) is 0 Å². The molecule has 0 aliphatic rings. The Hall–Kier alpha value is -1.84. The Labute approximate surface area is 74.4 Å². The van der Waals surface area contributed by atoms with Gasteiger partial charge in [-0.15, -0.1) is 0 Å². The Bertz CT molecular complexity index is 368. The number of rotatable bonds is 2. The van der Waals surface area contributed by atoms with Gasteiger partial charge in [-0.1, -0.05) is 0 Å². The highest BCUT2D eigenvalue weighted by Crippen LogP contribution is 2.18. The molecule has 13 heavy (non-hydrogen) atoms. The van der Waals surface area contributed by atoms with E-state index in [1.807, 2.05) is 0 Å². The van der Waals surface area contributed by atoms with E-state index in [-0.39, 0.29) is 22.7 Å². The number of hydrogen-bond donors (Lipinski definition) is 2. The molecular formula is C9H8O4. The molecule has 2 N–H and O–H groups in total. The monoisotopic (exact) mass is 180 g/mol. The number of carboxylic acids is 1. The fourth-order valence-electron chi connectivity index (χ4n) is 0.951. The summed E-state index contributed by atoms with van der Waals surface area (Å²) in [6.45, 7) is 1.26. The van der Waals surface area contributed by atoms with Crippen LogP contribution in [-0.4, -0.2) is 22.0 Å². The van der Waals surface area contributed by atoms with Gasteiger partial charge in [-0.25, -0.2) is 4.79 Å². The minimum absolute atomic E-state index is 0.0111. The SMILES string of the molecule is CC(=O)c1cc(C(=O)O)ccc1O. The quantitative estimate of drug-likeness (QED) is 0.672. The zero-order chi connectivity index (χ0) is 10.0. The van der Waals surface area contributed by atoms with Crippen molar-refractivity contribution in [2.75, 3.05) is 0 Å². The number of benzene rings is 1. The smallest absolute Gasteiger partial charge is 0.335 e. The first-order valence-electron chi connectivity index (χ1n) is 3.59. The second-order valence-corrected chi connectivity index (χ2v) is 2.59. The molecule has 0 spiro atoms. The van der Waals surface area contributed by atoms with Crippen molar-refractivity contribution in [2.45, 2.75) is 6.92 Å². The number of hydrogen-bond acceptors (Lipinski definition) is 3. The molecule has 0 bridgehead atoms. The number of carboxylic acid groups (broad SMARTS) is 1. The van der Waals surface area contributed by atoms with Gasteiger partial charge < -0.3 is 10.2 Å². The summed E-state index contributed by atoms with van der Waals surface area (Å²) >= 11 is 0. The fraction of sp³-hybridized carbons (Fsp3) is 0.111. The summed E-state index contributed by atoms with van der Waals surface area (Å²) < 4.78 is 0. The molecule has 1 aromatic rings. The third kappa shape index (κ3) is 1.84. The van der Waals surface area contributed by atoms with Gasteiger partial charge >= 0.3 is 5.97 Å². The molecule has 0 saturated carbocycles. The van der Waals surface area contributed by atoms with Crippen LogP contribution in [0.5, 0.6) is 5.75 Å². The van der Waals surface area contributed by atoms with Crippen molar-refractivity contribution in [3.05, 3.63) is 29.3 Å². The number of aromatic carboxylic acids is 1. The maximum atomic E-state index is 10.9. The topological polar surface area (TPSA) is 74.6 Å². The van der Waals surface area contributed by atoms with Crippen LogP contribution in [0.15, 0.2) is 18.2 Å². The van der Waals surface area contributed by atoms with Gasteiger partial charge in [-0.2, -0.15) is 0 Å². The highest BCUT2D eigenvalue weighted by atomic mass is 16.4. The van der Waals surface area contributed by atoms with Crippen LogP contribution in [0.25, 0.3) is 0 Å². The summed E-state index contributed by atoms with van der Waals surface area (Å²) in [5.74, 6) is -1.68. The molecule has 0 atom stereocenters. The van der Waals surface area contributed by atoms with Crippen molar-refractivity contribution >= 4 is 11.8 Å². The lowest BCUT2D eigenvalue weighted by Gasteiger charge is -2.01. The van der Waals surface area contributed by atoms with E-state index in [1.54, 1.807) is 0 Å². The highest BCUT2D eigenvalue weighted by Gasteiger charge is 2.10. The van der Waals surface area contributed by atoms with E-state index in [9.17, 15) is 14.7 Å². The minimum atomic E-state index is -1.12. The Morgan fingerprint density at radius 3 is 2.38 bits per heavy atom. The van der Waals surface area contributed by atoms with Crippen LogP contribution >= 0.6 is 0 Å². The number of carbonyl (C=O) groups is 2. The number of carbonyl (C=O) groups excluding carboxylic acids is 1. The summed E-state index contributed by atoms with van der Waals surface area (Å²) in [5, 5.41) is 17.8.